The molecule has 1 aliphatic rings. The lowest BCUT2D eigenvalue weighted by atomic mass is 9.91. The number of hydrogen-bond donors (Lipinski definition) is 3. The Kier molecular flexibility index (Phi) is 6.09. The maximum absolute atomic E-state index is 15.3. The van der Waals surface area contributed by atoms with E-state index < -0.39 is 23.4 Å². The Bertz CT molecular complexity index is 1430. The molecule has 3 aromatic carbocycles. The van der Waals surface area contributed by atoms with Gasteiger partial charge in [-0.2, -0.15) is 0 Å². The van der Waals surface area contributed by atoms with Crippen molar-refractivity contribution in [2.75, 3.05) is 15.5 Å². The SMILES string of the molecule is C=C1C(C(=O)O)=CN(c2cccc(NC(C)=O)c2)c2c(F)cc(F)c(Nc3ccc(C)cc3F)c21. The third-order valence-corrected chi connectivity index (χ3v) is 5.39. The van der Waals surface area contributed by atoms with Crippen molar-refractivity contribution < 1.29 is 27.9 Å². The largest absolute Gasteiger partial charge is 0.478 e. The van der Waals surface area contributed by atoms with Gasteiger partial charge >= 0.3 is 5.97 Å². The van der Waals surface area contributed by atoms with E-state index in [-0.39, 0.29) is 39.7 Å². The van der Waals surface area contributed by atoms with Crippen LogP contribution in [0.4, 0.5) is 41.6 Å². The van der Waals surface area contributed by atoms with Crippen LogP contribution >= 0.6 is 0 Å². The van der Waals surface area contributed by atoms with Crippen LogP contribution in [0.15, 0.2) is 66.9 Å². The number of carboxylic acid groups (broad SMARTS) is 1. The van der Waals surface area contributed by atoms with E-state index in [0.717, 1.165) is 6.20 Å². The van der Waals surface area contributed by atoms with E-state index in [0.29, 0.717) is 23.0 Å². The van der Waals surface area contributed by atoms with Gasteiger partial charge in [-0.05, 0) is 48.4 Å². The van der Waals surface area contributed by atoms with E-state index in [1.54, 1.807) is 31.2 Å². The van der Waals surface area contributed by atoms with E-state index in [1.165, 1.54) is 30.0 Å². The summed E-state index contributed by atoms with van der Waals surface area (Å²) in [4.78, 5) is 24.7. The molecule has 6 nitrogen and oxygen atoms in total. The molecule has 35 heavy (non-hydrogen) atoms. The number of nitrogens with one attached hydrogen (secondary N) is 2. The second-order valence-electron chi connectivity index (χ2n) is 7.98. The van der Waals surface area contributed by atoms with Crippen LogP contribution in [0.2, 0.25) is 0 Å². The van der Waals surface area contributed by atoms with Gasteiger partial charge in [-0.25, -0.2) is 18.0 Å². The van der Waals surface area contributed by atoms with Crippen molar-refractivity contribution >= 4 is 45.9 Å². The summed E-state index contributed by atoms with van der Waals surface area (Å²) in [5, 5.41) is 15.0. The summed E-state index contributed by atoms with van der Waals surface area (Å²) in [7, 11) is 0. The Morgan fingerprint density at radius 1 is 1.00 bits per heavy atom. The molecule has 0 unspecified atom stereocenters. The van der Waals surface area contributed by atoms with Crippen LogP contribution in [0.3, 0.4) is 0 Å². The van der Waals surface area contributed by atoms with Crippen LogP contribution < -0.4 is 15.5 Å². The fraction of sp³-hybridized carbons (Fsp3) is 0.0769. The standard InChI is InChI=1S/C26H20F3N3O3/c1-13-7-8-22(19(27)9-13)31-24-20(28)11-21(29)25-23(24)14(2)18(26(34)35)12-32(25)17-6-4-5-16(10-17)30-15(3)33/h4-12,31H,2H2,1,3H3,(H,30,33)(H,34,35). The Morgan fingerprint density at radius 3 is 2.40 bits per heavy atom. The zero-order valence-electron chi connectivity index (χ0n) is 18.7. The summed E-state index contributed by atoms with van der Waals surface area (Å²) in [5.74, 6) is -4.42. The molecule has 0 atom stereocenters. The maximum Gasteiger partial charge on any atom is 0.337 e. The van der Waals surface area contributed by atoms with Gasteiger partial charge in [0.15, 0.2) is 5.82 Å². The Labute approximate surface area is 199 Å². The molecular formula is C26H20F3N3O3. The number of fused-ring (bicyclic) bond motifs is 1. The molecule has 3 aromatic rings. The number of hydrogen-bond acceptors (Lipinski definition) is 4. The normalized spacial score (nSPS) is 12.7. The number of nitrogens with zero attached hydrogens (tertiary/aromatic N) is 1. The highest BCUT2D eigenvalue weighted by Crippen LogP contribution is 2.47. The fourth-order valence-electron chi connectivity index (χ4n) is 3.85. The highest BCUT2D eigenvalue weighted by Gasteiger charge is 2.33. The smallest absolute Gasteiger partial charge is 0.337 e. The van der Waals surface area contributed by atoms with Crippen LogP contribution in [-0.4, -0.2) is 17.0 Å². The summed E-state index contributed by atoms with van der Waals surface area (Å²) in [6.07, 6.45) is 1.16. The van der Waals surface area contributed by atoms with Crippen molar-refractivity contribution in [1.82, 2.24) is 0 Å². The summed E-state index contributed by atoms with van der Waals surface area (Å²) < 4.78 is 44.9. The average Bonchev–Trinajstić information content (AvgIpc) is 2.77. The minimum absolute atomic E-state index is 0.0817. The topological polar surface area (TPSA) is 81.7 Å². The molecule has 0 fully saturated rings. The first-order valence-electron chi connectivity index (χ1n) is 10.4. The zero-order valence-corrected chi connectivity index (χ0v) is 18.7. The van der Waals surface area contributed by atoms with Gasteiger partial charge in [-0.1, -0.05) is 18.7 Å². The maximum atomic E-state index is 15.3. The van der Waals surface area contributed by atoms with Gasteiger partial charge in [0.2, 0.25) is 5.91 Å². The molecule has 3 N–H and O–H groups in total. The molecule has 0 spiro atoms. The molecular weight excluding hydrogens is 459 g/mol. The van der Waals surface area contributed by atoms with Gasteiger partial charge in [0.1, 0.15) is 11.6 Å². The van der Waals surface area contributed by atoms with Crippen LogP contribution in [0.5, 0.6) is 0 Å². The lowest BCUT2D eigenvalue weighted by Crippen LogP contribution is -2.22. The van der Waals surface area contributed by atoms with E-state index in [4.69, 9.17) is 0 Å². The highest BCUT2D eigenvalue weighted by atomic mass is 19.1. The lowest BCUT2D eigenvalue weighted by Gasteiger charge is -2.32. The first kappa shape index (κ1) is 23.6. The van der Waals surface area contributed by atoms with Crippen molar-refractivity contribution in [3.8, 4) is 0 Å². The fourth-order valence-corrected chi connectivity index (χ4v) is 3.85. The van der Waals surface area contributed by atoms with Gasteiger partial charge in [-0.3, -0.25) is 4.79 Å². The number of carbonyl (C=O) groups excluding carboxylic acids is 1. The number of rotatable bonds is 5. The number of halogens is 3. The number of benzene rings is 3. The summed E-state index contributed by atoms with van der Waals surface area (Å²) in [6, 6.07) is 11.1. The average molecular weight is 479 g/mol. The quantitative estimate of drug-likeness (QED) is 0.403. The molecule has 0 saturated carbocycles. The van der Waals surface area contributed by atoms with Gasteiger partial charge in [0.25, 0.3) is 0 Å². The predicted molar refractivity (Wildman–Crippen MR) is 128 cm³/mol. The van der Waals surface area contributed by atoms with Crippen molar-refractivity contribution in [2.45, 2.75) is 13.8 Å². The number of anilines is 5. The number of aliphatic carboxylic acids is 1. The zero-order chi connectivity index (χ0) is 25.4. The number of amides is 1. The van der Waals surface area contributed by atoms with Crippen molar-refractivity contribution in [1.29, 1.82) is 0 Å². The molecule has 0 radical (unpaired) electrons. The Morgan fingerprint density at radius 2 is 1.74 bits per heavy atom. The first-order chi connectivity index (χ1) is 16.6. The predicted octanol–water partition coefficient (Wildman–Crippen LogP) is 6.25. The molecule has 178 valence electrons. The summed E-state index contributed by atoms with van der Waals surface area (Å²) in [6.45, 7) is 6.77. The molecule has 0 bridgehead atoms. The van der Waals surface area contributed by atoms with Crippen molar-refractivity contribution in [3.63, 3.8) is 0 Å². The first-order valence-corrected chi connectivity index (χ1v) is 10.4. The van der Waals surface area contributed by atoms with Crippen LogP contribution in [0, 0.1) is 24.4 Å². The number of carbonyl (C=O) groups is 2. The number of aryl methyl sites for hydroxylation is 1. The van der Waals surface area contributed by atoms with E-state index in [1.807, 2.05) is 0 Å². The molecule has 0 aromatic heterocycles. The van der Waals surface area contributed by atoms with Gasteiger partial charge < -0.3 is 20.6 Å². The van der Waals surface area contributed by atoms with Crippen LogP contribution in [-0.2, 0) is 9.59 Å². The van der Waals surface area contributed by atoms with Crippen LogP contribution in [0.1, 0.15) is 18.1 Å². The van der Waals surface area contributed by atoms with Gasteiger partial charge in [0.05, 0.1) is 22.6 Å². The van der Waals surface area contributed by atoms with E-state index in [2.05, 4.69) is 17.2 Å². The third kappa shape index (κ3) is 4.48. The van der Waals surface area contributed by atoms with Crippen LogP contribution in [0.25, 0.3) is 5.57 Å². The van der Waals surface area contributed by atoms with Crippen molar-refractivity contribution in [2.24, 2.45) is 0 Å². The molecule has 0 aliphatic carbocycles. The minimum Gasteiger partial charge on any atom is -0.478 e. The second kappa shape index (κ2) is 9.02. The monoisotopic (exact) mass is 479 g/mol. The molecule has 0 saturated heterocycles. The molecule has 4 rings (SSSR count). The summed E-state index contributed by atoms with van der Waals surface area (Å²) in [5.41, 5.74) is 0.0699. The summed E-state index contributed by atoms with van der Waals surface area (Å²) >= 11 is 0. The van der Waals surface area contributed by atoms with Gasteiger partial charge in [0, 0.05) is 36.1 Å². The molecule has 1 amide bonds. The second-order valence-corrected chi connectivity index (χ2v) is 7.98. The van der Waals surface area contributed by atoms with E-state index in [9.17, 15) is 19.1 Å². The van der Waals surface area contributed by atoms with Crippen molar-refractivity contribution in [3.05, 3.63) is 95.5 Å². The lowest BCUT2D eigenvalue weighted by molar-refractivity contribution is -0.132. The van der Waals surface area contributed by atoms with E-state index >= 15 is 8.78 Å². The Balaban J connectivity index is 1.95. The molecule has 1 aliphatic heterocycles. The molecule has 9 heteroatoms. The Hall–Kier alpha value is -4.53. The number of carboxylic acids is 1. The van der Waals surface area contributed by atoms with Gasteiger partial charge in [-0.15, -0.1) is 0 Å². The molecule has 1 heterocycles. The highest BCUT2D eigenvalue weighted by molar-refractivity contribution is 6.11. The third-order valence-electron chi connectivity index (χ3n) is 5.39. The minimum atomic E-state index is -1.37.